The van der Waals surface area contributed by atoms with Crippen molar-refractivity contribution in [1.82, 2.24) is 0 Å². The van der Waals surface area contributed by atoms with Crippen LogP contribution in [0.25, 0.3) is 0 Å². The van der Waals surface area contributed by atoms with Crippen molar-refractivity contribution in [3.05, 3.63) is 30.6 Å². The smallest absolute Gasteiger partial charge is 0.134 e. The van der Waals surface area contributed by atoms with Gasteiger partial charge in [0.05, 0.1) is 6.26 Å². The van der Waals surface area contributed by atoms with Gasteiger partial charge in [-0.05, 0) is 18.6 Å². The fourth-order valence-electron chi connectivity index (χ4n) is 0.806. The van der Waals surface area contributed by atoms with Gasteiger partial charge in [0.25, 0.3) is 0 Å². The molecule has 1 radical (unpaired) electrons. The molecular weight excluding hydrogens is 128 g/mol. The van der Waals surface area contributed by atoms with Gasteiger partial charge in [0.2, 0.25) is 0 Å². The highest BCUT2D eigenvalue weighted by Gasteiger charge is 1.99. The lowest BCUT2D eigenvalue weighted by molar-refractivity contribution is -0.116. The number of Topliss-reactive ketones (excluding diaryl/α,β-unsaturated/α-hetero) is 1. The van der Waals surface area contributed by atoms with E-state index in [9.17, 15) is 4.79 Å². The van der Waals surface area contributed by atoms with Gasteiger partial charge >= 0.3 is 0 Å². The summed E-state index contributed by atoms with van der Waals surface area (Å²) in [5.41, 5.74) is 0.900. The number of carbonyl (C=O) groups excluding carboxylic acids is 1. The lowest BCUT2D eigenvalue weighted by Gasteiger charge is -1.85. The topological polar surface area (TPSA) is 30.2 Å². The first-order chi connectivity index (χ1) is 4.68. The van der Waals surface area contributed by atoms with Crippen LogP contribution in [0.3, 0.4) is 0 Å². The van der Waals surface area contributed by atoms with Gasteiger partial charge in [-0.1, -0.05) is 0 Å². The van der Waals surface area contributed by atoms with Gasteiger partial charge in [0.1, 0.15) is 11.5 Å². The molecule has 0 aliphatic heterocycles. The molecule has 53 valence electrons. The molecule has 0 bridgehead atoms. The Morgan fingerprint density at radius 3 is 2.90 bits per heavy atom. The summed E-state index contributed by atoms with van der Waals surface area (Å²) in [7, 11) is 0. The molecule has 0 aliphatic rings. The number of furan rings is 1. The molecule has 0 saturated carbocycles. The Morgan fingerprint density at radius 1 is 1.80 bits per heavy atom. The second-order valence-electron chi connectivity index (χ2n) is 2.30. The van der Waals surface area contributed by atoms with Gasteiger partial charge in [-0.2, -0.15) is 0 Å². The third kappa shape index (κ3) is 1.72. The molecule has 2 nitrogen and oxygen atoms in total. The normalized spacial score (nSPS) is 9.80. The molecule has 0 spiro atoms. The molecule has 0 amide bonds. The van der Waals surface area contributed by atoms with E-state index in [1.165, 1.54) is 0 Å². The van der Waals surface area contributed by atoms with Crippen molar-refractivity contribution in [2.24, 2.45) is 0 Å². The van der Waals surface area contributed by atoms with E-state index in [-0.39, 0.29) is 5.78 Å². The van der Waals surface area contributed by atoms with Crippen LogP contribution in [0.1, 0.15) is 18.2 Å². The standard InChI is InChI=1S/C8H9O2/c1-6(9)3-8-4-7(2)10-5-8/h4-5H,2-3H2,1H3. The largest absolute Gasteiger partial charge is 0.469 e. The molecule has 10 heavy (non-hydrogen) atoms. The Balaban J connectivity index is 2.67. The lowest BCUT2D eigenvalue weighted by Crippen LogP contribution is -1.93. The molecule has 1 heterocycles. The van der Waals surface area contributed by atoms with Crippen LogP contribution in [-0.2, 0) is 11.2 Å². The maximum atomic E-state index is 10.6. The van der Waals surface area contributed by atoms with E-state index < -0.39 is 0 Å². The summed E-state index contributed by atoms with van der Waals surface area (Å²) in [6.07, 6.45) is 2.00. The van der Waals surface area contributed by atoms with Crippen LogP contribution in [0.4, 0.5) is 0 Å². The maximum Gasteiger partial charge on any atom is 0.134 e. The van der Waals surface area contributed by atoms with Gasteiger partial charge in [0.15, 0.2) is 0 Å². The predicted molar refractivity (Wildman–Crippen MR) is 37.6 cm³/mol. The highest BCUT2D eigenvalue weighted by atomic mass is 16.3. The van der Waals surface area contributed by atoms with Gasteiger partial charge in [-0.15, -0.1) is 0 Å². The van der Waals surface area contributed by atoms with Crippen LogP contribution < -0.4 is 0 Å². The minimum Gasteiger partial charge on any atom is -0.469 e. The molecule has 0 unspecified atom stereocenters. The fraction of sp³-hybridized carbons (Fsp3) is 0.250. The first-order valence-corrected chi connectivity index (χ1v) is 3.07. The average molecular weight is 137 g/mol. The summed E-state index contributed by atoms with van der Waals surface area (Å²) in [6, 6.07) is 1.77. The van der Waals surface area contributed by atoms with Crippen molar-refractivity contribution in [2.75, 3.05) is 0 Å². The molecule has 0 fully saturated rings. The predicted octanol–water partition coefficient (Wildman–Crippen LogP) is 1.59. The van der Waals surface area contributed by atoms with Crippen LogP contribution >= 0.6 is 0 Å². The Bertz CT molecular complexity index is 235. The Kier molecular flexibility index (Phi) is 1.90. The molecule has 0 aromatic carbocycles. The first-order valence-electron chi connectivity index (χ1n) is 3.07. The zero-order valence-electron chi connectivity index (χ0n) is 5.89. The lowest BCUT2D eigenvalue weighted by atomic mass is 10.2. The molecule has 1 aromatic heterocycles. The van der Waals surface area contributed by atoms with Crippen molar-refractivity contribution in [2.45, 2.75) is 13.3 Å². The number of hydrogen-bond donors (Lipinski definition) is 0. The van der Waals surface area contributed by atoms with Gasteiger partial charge in [-0.25, -0.2) is 0 Å². The monoisotopic (exact) mass is 137 g/mol. The summed E-state index contributed by atoms with van der Waals surface area (Å²) < 4.78 is 4.90. The summed E-state index contributed by atoms with van der Waals surface area (Å²) >= 11 is 0. The Morgan fingerprint density at radius 2 is 2.50 bits per heavy atom. The third-order valence-corrected chi connectivity index (χ3v) is 1.16. The van der Waals surface area contributed by atoms with Crippen molar-refractivity contribution >= 4 is 5.78 Å². The first kappa shape index (κ1) is 7.06. The van der Waals surface area contributed by atoms with Gasteiger partial charge < -0.3 is 4.42 Å². The Labute approximate surface area is 59.8 Å². The van der Waals surface area contributed by atoms with Crippen molar-refractivity contribution < 1.29 is 9.21 Å². The zero-order chi connectivity index (χ0) is 7.56. The summed E-state index contributed by atoms with van der Waals surface area (Å²) in [5, 5.41) is 0. The van der Waals surface area contributed by atoms with Gasteiger partial charge in [0, 0.05) is 13.3 Å². The van der Waals surface area contributed by atoms with E-state index in [1.54, 1.807) is 19.3 Å². The minimum atomic E-state index is 0.140. The van der Waals surface area contributed by atoms with Crippen molar-refractivity contribution in [1.29, 1.82) is 0 Å². The highest BCUT2D eigenvalue weighted by molar-refractivity contribution is 5.78. The summed E-state index contributed by atoms with van der Waals surface area (Å²) in [6.45, 7) is 5.12. The van der Waals surface area contributed by atoms with E-state index in [1.807, 2.05) is 0 Å². The molecular formula is C8H9O2. The molecule has 2 heteroatoms. The van der Waals surface area contributed by atoms with Gasteiger partial charge in [-0.3, -0.25) is 4.79 Å². The quantitative estimate of drug-likeness (QED) is 0.619. The Hall–Kier alpha value is -1.05. The van der Waals surface area contributed by atoms with Crippen molar-refractivity contribution in [3.63, 3.8) is 0 Å². The second kappa shape index (κ2) is 2.69. The molecule has 1 rings (SSSR count). The average Bonchev–Trinajstić information content (AvgIpc) is 2.13. The van der Waals surface area contributed by atoms with E-state index in [0.717, 1.165) is 5.56 Å². The number of rotatable bonds is 2. The molecule has 0 saturated heterocycles. The number of ketones is 1. The summed E-state index contributed by atoms with van der Waals surface area (Å²) in [4.78, 5) is 10.6. The molecule has 1 aromatic rings. The van der Waals surface area contributed by atoms with E-state index in [0.29, 0.717) is 12.2 Å². The van der Waals surface area contributed by atoms with E-state index in [4.69, 9.17) is 4.42 Å². The number of carbonyl (C=O) groups is 1. The number of hydrogen-bond acceptors (Lipinski definition) is 2. The molecule has 0 atom stereocenters. The van der Waals surface area contributed by atoms with E-state index in [2.05, 4.69) is 6.92 Å². The SMILES string of the molecule is [CH2]c1cc(CC(C)=O)co1. The van der Waals surface area contributed by atoms with Crippen LogP contribution in [0, 0.1) is 6.92 Å². The minimum absolute atomic E-state index is 0.140. The molecule has 0 aliphatic carbocycles. The fourth-order valence-corrected chi connectivity index (χ4v) is 0.806. The van der Waals surface area contributed by atoms with Crippen molar-refractivity contribution in [3.8, 4) is 0 Å². The van der Waals surface area contributed by atoms with Crippen LogP contribution in [0.15, 0.2) is 16.7 Å². The van der Waals surface area contributed by atoms with E-state index >= 15 is 0 Å². The van der Waals surface area contributed by atoms with Crippen LogP contribution in [0.2, 0.25) is 0 Å². The third-order valence-electron chi connectivity index (χ3n) is 1.16. The second-order valence-corrected chi connectivity index (χ2v) is 2.30. The maximum absolute atomic E-state index is 10.6. The van der Waals surface area contributed by atoms with Crippen LogP contribution in [-0.4, -0.2) is 5.78 Å². The van der Waals surface area contributed by atoms with Crippen LogP contribution in [0.5, 0.6) is 0 Å². The molecule has 0 N–H and O–H groups in total. The zero-order valence-corrected chi connectivity index (χ0v) is 5.89. The summed E-state index contributed by atoms with van der Waals surface area (Å²) in [5.74, 6) is 0.747. The highest BCUT2D eigenvalue weighted by Crippen LogP contribution is 2.06.